The molecule has 2 saturated heterocycles. The molecule has 0 bridgehead atoms. The lowest BCUT2D eigenvalue weighted by atomic mass is 9.62. The van der Waals surface area contributed by atoms with Gasteiger partial charge in [0.25, 0.3) is 0 Å². The van der Waals surface area contributed by atoms with E-state index in [9.17, 15) is 9.50 Å². The van der Waals surface area contributed by atoms with Crippen LogP contribution < -0.4 is 15.0 Å². The summed E-state index contributed by atoms with van der Waals surface area (Å²) in [5.74, 6) is -0.561. The van der Waals surface area contributed by atoms with E-state index >= 15 is 4.39 Å². The average Bonchev–Trinajstić information content (AvgIpc) is 3.30. The van der Waals surface area contributed by atoms with Crippen molar-refractivity contribution in [3.8, 4) is 17.3 Å². The van der Waals surface area contributed by atoms with E-state index in [1.54, 1.807) is 12.4 Å². The van der Waals surface area contributed by atoms with Gasteiger partial charge in [0, 0.05) is 42.2 Å². The van der Waals surface area contributed by atoms with Crippen LogP contribution in [0.2, 0.25) is 0 Å². The Morgan fingerprint density at radius 1 is 1.12 bits per heavy atom. The molecule has 11 heteroatoms. The predicted octanol–water partition coefficient (Wildman–Crippen LogP) is 4.75. The fraction of sp³-hybridized carbons (Fsp3) is 0.548. The molecule has 9 nitrogen and oxygen atoms in total. The minimum absolute atomic E-state index is 0.00411. The third-order valence-corrected chi connectivity index (χ3v) is 10.6. The van der Waals surface area contributed by atoms with E-state index in [0.717, 1.165) is 71.1 Å². The summed E-state index contributed by atoms with van der Waals surface area (Å²) in [6, 6.07) is 2.75. The summed E-state index contributed by atoms with van der Waals surface area (Å²) in [6.45, 7) is 6.23. The van der Waals surface area contributed by atoms with Crippen molar-refractivity contribution in [1.82, 2.24) is 30.5 Å². The molecular formula is C31H35F2N7O2. The van der Waals surface area contributed by atoms with Crippen LogP contribution in [-0.2, 0) is 0 Å². The summed E-state index contributed by atoms with van der Waals surface area (Å²) < 4.78 is 37.4. The van der Waals surface area contributed by atoms with Crippen LogP contribution in [0.5, 0.6) is 6.01 Å². The van der Waals surface area contributed by atoms with E-state index in [-0.39, 0.29) is 39.6 Å². The molecule has 0 radical (unpaired) electrons. The second kappa shape index (κ2) is 9.28. The Kier molecular flexibility index (Phi) is 5.79. The SMILES string of the molecule is CC12CNCCCC1(COc1nc(N3CCCC4(CC(O)C4)C3)c3cnc(-c4cc(F)cc5[nH]ncc45)c(F)c3n1)C2. The van der Waals surface area contributed by atoms with Gasteiger partial charge < -0.3 is 20.1 Å². The second-order valence-electron chi connectivity index (χ2n) is 13.5. The highest BCUT2D eigenvalue weighted by molar-refractivity contribution is 5.97. The Morgan fingerprint density at radius 2 is 2.00 bits per heavy atom. The van der Waals surface area contributed by atoms with Crippen LogP contribution in [0.3, 0.4) is 0 Å². The van der Waals surface area contributed by atoms with Crippen LogP contribution in [0.25, 0.3) is 33.1 Å². The number of aliphatic hydroxyl groups is 1. The Balaban J connectivity index is 1.22. The molecular weight excluding hydrogens is 540 g/mol. The average molecular weight is 576 g/mol. The molecule has 2 atom stereocenters. The highest BCUT2D eigenvalue weighted by Crippen LogP contribution is 2.66. The second-order valence-corrected chi connectivity index (χ2v) is 13.5. The molecule has 5 heterocycles. The van der Waals surface area contributed by atoms with Gasteiger partial charge in [0.05, 0.1) is 29.8 Å². The van der Waals surface area contributed by atoms with Crippen molar-refractivity contribution in [2.24, 2.45) is 16.2 Å². The number of benzene rings is 1. The summed E-state index contributed by atoms with van der Waals surface area (Å²) >= 11 is 0. The van der Waals surface area contributed by atoms with Crippen LogP contribution in [0.15, 0.2) is 24.5 Å². The molecule has 0 amide bonds. The van der Waals surface area contributed by atoms with Gasteiger partial charge in [-0.15, -0.1) is 0 Å². The molecule has 2 aliphatic heterocycles. The maximum atomic E-state index is 16.5. The number of anilines is 1. The van der Waals surface area contributed by atoms with Crippen LogP contribution in [-0.4, -0.2) is 69.1 Å². The Labute approximate surface area is 242 Å². The fourth-order valence-corrected chi connectivity index (χ4v) is 8.15. The van der Waals surface area contributed by atoms with Crippen LogP contribution in [0.4, 0.5) is 14.6 Å². The maximum absolute atomic E-state index is 16.5. The van der Waals surface area contributed by atoms with Gasteiger partial charge in [-0.2, -0.15) is 15.1 Å². The first-order valence-corrected chi connectivity index (χ1v) is 15.0. The fourth-order valence-electron chi connectivity index (χ4n) is 8.15. The van der Waals surface area contributed by atoms with Gasteiger partial charge in [0.1, 0.15) is 22.8 Å². The first kappa shape index (κ1) is 26.2. The lowest BCUT2D eigenvalue weighted by molar-refractivity contribution is -0.0396. The van der Waals surface area contributed by atoms with Gasteiger partial charge in [-0.25, -0.2) is 8.78 Å². The molecule has 4 aliphatic rings. The number of rotatable bonds is 5. The smallest absolute Gasteiger partial charge is 0.319 e. The molecule has 1 aromatic carbocycles. The number of aromatic amines is 1. The number of H-pyrrole nitrogens is 1. The molecule has 3 aromatic heterocycles. The molecule has 4 aromatic rings. The molecule has 1 spiro atoms. The van der Waals surface area contributed by atoms with Crippen LogP contribution >= 0.6 is 0 Å². The van der Waals surface area contributed by atoms with Gasteiger partial charge in [-0.05, 0) is 74.5 Å². The van der Waals surface area contributed by atoms with E-state index < -0.39 is 11.6 Å². The number of aliphatic hydroxyl groups excluding tert-OH is 1. The molecule has 4 fully saturated rings. The van der Waals surface area contributed by atoms with Crippen molar-refractivity contribution in [2.75, 3.05) is 37.7 Å². The number of nitrogens with one attached hydrogen (secondary N) is 2. The highest BCUT2D eigenvalue weighted by atomic mass is 19.1. The lowest BCUT2D eigenvalue weighted by Crippen LogP contribution is -2.52. The van der Waals surface area contributed by atoms with Crippen molar-refractivity contribution in [3.63, 3.8) is 0 Å². The zero-order chi connectivity index (χ0) is 28.7. The van der Waals surface area contributed by atoms with Gasteiger partial charge in [-0.1, -0.05) is 6.92 Å². The van der Waals surface area contributed by atoms with Crippen molar-refractivity contribution < 1.29 is 18.6 Å². The van der Waals surface area contributed by atoms with Crippen molar-refractivity contribution >= 4 is 27.6 Å². The third-order valence-electron chi connectivity index (χ3n) is 10.6. The molecule has 220 valence electrons. The number of fused-ring (bicyclic) bond motifs is 3. The third kappa shape index (κ3) is 4.07. The van der Waals surface area contributed by atoms with Gasteiger partial charge in [0.15, 0.2) is 5.82 Å². The molecule has 3 N–H and O–H groups in total. The number of ether oxygens (including phenoxy) is 1. The van der Waals surface area contributed by atoms with Crippen molar-refractivity contribution in [2.45, 2.75) is 58.0 Å². The first-order valence-electron chi connectivity index (χ1n) is 15.0. The Hall–Kier alpha value is -3.44. The van der Waals surface area contributed by atoms with Gasteiger partial charge in [0.2, 0.25) is 0 Å². The molecule has 2 saturated carbocycles. The standard InChI is InChI=1S/C31H35F2N7O2/c1-29-14-31(29,5-2-6-34-15-29)17-42-28-37-26-22(27(38-28)40-7-3-4-30(16-40)10-19(41)11-30)12-35-25(24(26)33)20-8-18(32)9-23-21(20)13-36-39-23/h8-9,12-13,19,34,41H,2-7,10-11,14-17H2,1H3,(H,36,39). The molecule has 42 heavy (non-hydrogen) atoms. The quantitative estimate of drug-likeness (QED) is 0.313. The Bertz CT molecular complexity index is 1700. The number of hydrogen-bond donors (Lipinski definition) is 3. The molecule has 2 unspecified atom stereocenters. The lowest BCUT2D eigenvalue weighted by Gasteiger charge is -2.51. The zero-order valence-electron chi connectivity index (χ0n) is 23.7. The van der Waals surface area contributed by atoms with Crippen molar-refractivity contribution in [1.29, 1.82) is 0 Å². The highest BCUT2D eigenvalue weighted by Gasteiger charge is 2.64. The molecule has 8 rings (SSSR count). The van der Waals surface area contributed by atoms with Crippen LogP contribution in [0, 0.1) is 27.9 Å². The topological polar surface area (TPSA) is 112 Å². The summed E-state index contributed by atoms with van der Waals surface area (Å²) in [5, 5.41) is 21.5. The monoisotopic (exact) mass is 575 g/mol. The number of pyridine rings is 1. The predicted molar refractivity (Wildman–Crippen MR) is 154 cm³/mol. The van der Waals surface area contributed by atoms with Gasteiger partial charge in [-0.3, -0.25) is 10.1 Å². The number of piperidine rings is 1. The zero-order valence-corrected chi connectivity index (χ0v) is 23.7. The first-order chi connectivity index (χ1) is 20.3. The normalized spacial score (nSPS) is 30.8. The molecule has 2 aliphatic carbocycles. The van der Waals surface area contributed by atoms with Crippen molar-refractivity contribution in [3.05, 3.63) is 36.2 Å². The number of aromatic nitrogens is 5. The number of halogens is 2. The van der Waals surface area contributed by atoms with E-state index in [1.807, 2.05) is 0 Å². The van der Waals surface area contributed by atoms with Gasteiger partial charge >= 0.3 is 6.01 Å². The van der Waals surface area contributed by atoms with E-state index in [2.05, 4.69) is 37.3 Å². The van der Waals surface area contributed by atoms with E-state index in [1.165, 1.54) is 12.1 Å². The summed E-state index contributed by atoms with van der Waals surface area (Å²) in [5.41, 5.74) is 1.14. The largest absolute Gasteiger partial charge is 0.463 e. The maximum Gasteiger partial charge on any atom is 0.319 e. The van der Waals surface area contributed by atoms with E-state index in [4.69, 9.17) is 9.72 Å². The number of nitrogens with zero attached hydrogens (tertiary/aromatic N) is 5. The number of hydrogen-bond acceptors (Lipinski definition) is 8. The summed E-state index contributed by atoms with van der Waals surface area (Å²) in [7, 11) is 0. The Morgan fingerprint density at radius 3 is 2.86 bits per heavy atom. The van der Waals surface area contributed by atoms with Crippen LogP contribution in [0.1, 0.15) is 51.9 Å². The van der Waals surface area contributed by atoms with E-state index in [0.29, 0.717) is 34.3 Å². The summed E-state index contributed by atoms with van der Waals surface area (Å²) in [6.07, 6.45) is 9.65. The minimum Gasteiger partial charge on any atom is -0.463 e. The summed E-state index contributed by atoms with van der Waals surface area (Å²) in [4.78, 5) is 16.2. The minimum atomic E-state index is -0.645.